The van der Waals surface area contributed by atoms with Crippen molar-refractivity contribution in [1.29, 1.82) is 0 Å². The van der Waals surface area contributed by atoms with Crippen LogP contribution >= 0.6 is 11.3 Å². The van der Waals surface area contributed by atoms with Gasteiger partial charge in [0.25, 0.3) is 5.91 Å². The van der Waals surface area contributed by atoms with Crippen LogP contribution in [-0.4, -0.2) is 64.8 Å². The number of aliphatic carboxylic acids is 1. The number of hydrogen-bond acceptors (Lipinski definition) is 7. The van der Waals surface area contributed by atoms with E-state index in [2.05, 4.69) is 23.3 Å². The molecular weight excluding hydrogens is 550 g/mol. The summed E-state index contributed by atoms with van der Waals surface area (Å²) in [5.74, 6) is 0.598. The minimum absolute atomic E-state index is 0.0438. The number of benzene rings is 2. The molecule has 2 saturated heterocycles. The van der Waals surface area contributed by atoms with Gasteiger partial charge in [0, 0.05) is 49.3 Å². The van der Waals surface area contributed by atoms with Crippen LogP contribution in [0.1, 0.15) is 52.7 Å². The molecule has 3 fully saturated rings. The molecule has 42 heavy (non-hydrogen) atoms. The highest BCUT2D eigenvalue weighted by Crippen LogP contribution is 2.44. The van der Waals surface area contributed by atoms with Gasteiger partial charge in [-0.1, -0.05) is 17.7 Å². The number of carbonyl (C=O) groups excluding carboxylic acids is 1. The summed E-state index contributed by atoms with van der Waals surface area (Å²) in [6.45, 7) is 7.50. The maximum Gasteiger partial charge on any atom is 0.307 e. The van der Waals surface area contributed by atoms with Gasteiger partial charge >= 0.3 is 5.97 Å². The van der Waals surface area contributed by atoms with Crippen LogP contribution in [0.3, 0.4) is 0 Å². The molecule has 2 bridgehead atoms. The first kappa shape index (κ1) is 28.7. The fraction of sp³-hybridized carbons (Fsp3) is 0.485. The van der Waals surface area contributed by atoms with Crippen molar-refractivity contribution in [2.45, 2.75) is 46.1 Å². The molecule has 1 aliphatic carbocycles. The number of rotatable bonds is 8. The molecule has 0 spiro atoms. The number of aliphatic hydroxyl groups is 1. The first-order chi connectivity index (χ1) is 20.3. The molecule has 2 N–H and O–H groups in total. The van der Waals surface area contributed by atoms with Crippen LogP contribution in [0.15, 0.2) is 41.8 Å². The van der Waals surface area contributed by atoms with E-state index in [1.165, 1.54) is 0 Å². The van der Waals surface area contributed by atoms with Gasteiger partial charge in [0.05, 0.1) is 11.6 Å². The molecule has 3 aromatic rings. The number of aliphatic hydroxyl groups excluding tert-OH is 1. The zero-order valence-corrected chi connectivity index (χ0v) is 25.1. The lowest BCUT2D eigenvalue weighted by Gasteiger charge is -2.35. The molecule has 2 aliphatic heterocycles. The fourth-order valence-electron chi connectivity index (χ4n) is 6.93. The first-order valence-corrected chi connectivity index (χ1v) is 15.9. The van der Waals surface area contributed by atoms with Crippen molar-refractivity contribution in [3.63, 3.8) is 0 Å². The predicted molar refractivity (Wildman–Crippen MR) is 163 cm³/mol. The number of carbonyl (C=O) groups is 2. The fourth-order valence-corrected chi connectivity index (χ4v) is 7.78. The van der Waals surface area contributed by atoms with E-state index in [0.717, 1.165) is 77.6 Å². The van der Waals surface area contributed by atoms with E-state index in [1.807, 2.05) is 42.2 Å². The van der Waals surface area contributed by atoms with Crippen molar-refractivity contribution >= 4 is 28.3 Å². The van der Waals surface area contributed by atoms with E-state index in [-0.39, 0.29) is 30.3 Å². The molecule has 1 amide bonds. The number of fused-ring (bicyclic) bond motifs is 2. The van der Waals surface area contributed by atoms with Gasteiger partial charge in [-0.15, -0.1) is 11.3 Å². The monoisotopic (exact) mass is 589 g/mol. The van der Waals surface area contributed by atoms with Gasteiger partial charge in [-0.25, -0.2) is 4.98 Å². The highest BCUT2D eigenvalue weighted by molar-refractivity contribution is 7.14. The molecule has 6 rings (SSSR count). The number of anilines is 1. The smallest absolute Gasteiger partial charge is 0.307 e. The number of hydrogen-bond donors (Lipinski definition) is 2. The summed E-state index contributed by atoms with van der Waals surface area (Å²) in [7, 11) is 0. The number of carboxylic acid groups (broad SMARTS) is 1. The minimum Gasteiger partial charge on any atom is -0.488 e. The van der Waals surface area contributed by atoms with Crippen molar-refractivity contribution in [3.8, 4) is 17.0 Å². The maximum absolute atomic E-state index is 13.1. The number of aryl methyl sites for hydroxylation is 2. The van der Waals surface area contributed by atoms with Gasteiger partial charge in [0.1, 0.15) is 12.4 Å². The number of piperidine rings is 2. The van der Waals surface area contributed by atoms with Crippen LogP contribution in [0.5, 0.6) is 5.75 Å². The predicted octanol–water partition coefficient (Wildman–Crippen LogP) is 5.40. The SMILES string of the molecule is Cc1ccc(OCc2ccc(C(=O)N3CCC(CO)CC3)cc2C)c(-c2csc(N3C[C@H]4CC[C@@H](C3)[C@H]4C(=O)O)n2)c1. The number of aromatic nitrogens is 1. The molecule has 3 heterocycles. The molecular formula is C33H39N3O5S. The van der Waals surface area contributed by atoms with Gasteiger partial charge in [0.15, 0.2) is 5.13 Å². The summed E-state index contributed by atoms with van der Waals surface area (Å²) < 4.78 is 6.36. The molecule has 1 aromatic heterocycles. The minimum atomic E-state index is -0.654. The third kappa shape index (κ3) is 5.77. The number of carboxylic acids is 1. The highest BCUT2D eigenvalue weighted by Gasteiger charge is 2.46. The summed E-state index contributed by atoms with van der Waals surface area (Å²) >= 11 is 1.60. The third-order valence-electron chi connectivity index (χ3n) is 9.43. The molecule has 3 aliphatic rings. The van der Waals surface area contributed by atoms with Crippen molar-refractivity contribution in [3.05, 3.63) is 64.0 Å². The Kier molecular flexibility index (Phi) is 8.23. The lowest BCUT2D eigenvalue weighted by atomic mass is 9.85. The zero-order chi connectivity index (χ0) is 29.4. The summed E-state index contributed by atoms with van der Waals surface area (Å²) in [5, 5.41) is 22.1. The second kappa shape index (κ2) is 12.1. The largest absolute Gasteiger partial charge is 0.488 e. The van der Waals surface area contributed by atoms with Gasteiger partial charge in [-0.2, -0.15) is 0 Å². The highest BCUT2D eigenvalue weighted by atomic mass is 32.1. The topological polar surface area (TPSA) is 103 Å². The Morgan fingerprint density at radius 1 is 1.02 bits per heavy atom. The molecule has 0 unspecified atom stereocenters. The van der Waals surface area contributed by atoms with Crippen LogP contribution < -0.4 is 9.64 Å². The van der Waals surface area contributed by atoms with Crippen molar-refractivity contribution in [2.24, 2.45) is 23.7 Å². The Morgan fingerprint density at radius 3 is 2.43 bits per heavy atom. The van der Waals surface area contributed by atoms with E-state index in [1.54, 1.807) is 11.3 Å². The lowest BCUT2D eigenvalue weighted by Crippen LogP contribution is -2.44. The zero-order valence-electron chi connectivity index (χ0n) is 24.3. The average Bonchev–Trinajstić information content (AvgIpc) is 3.59. The van der Waals surface area contributed by atoms with E-state index < -0.39 is 5.97 Å². The van der Waals surface area contributed by atoms with Crippen LogP contribution in [0.25, 0.3) is 11.3 Å². The molecule has 9 heteroatoms. The van der Waals surface area contributed by atoms with Crippen LogP contribution in [0.2, 0.25) is 0 Å². The van der Waals surface area contributed by atoms with Crippen molar-refractivity contribution in [2.75, 3.05) is 37.7 Å². The quantitative estimate of drug-likeness (QED) is 0.363. The van der Waals surface area contributed by atoms with Gasteiger partial charge in [0.2, 0.25) is 0 Å². The molecule has 222 valence electrons. The van der Waals surface area contributed by atoms with Crippen LogP contribution in [-0.2, 0) is 11.4 Å². The first-order valence-electron chi connectivity index (χ1n) is 15.0. The van der Waals surface area contributed by atoms with Gasteiger partial charge in [-0.3, -0.25) is 9.59 Å². The van der Waals surface area contributed by atoms with Crippen molar-refractivity contribution in [1.82, 2.24) is 9.88 Å². The molecule has 0 radical (unpaired) electrons. The Morgan fingerprint density at radius 2 is 1.76 bits per heavy atom. The Bertz CT molecular complexity index is 1450. The summed E-state index contributed by atoms with van der Waals surface area (Å²) in [5.41, 5.74) is 5.64. The number of likely N-dealkylation sites (tertiary alicyclic amines) is 1. The Hall–Kier alpha value is -3.43. The number of amides is 1. The van der Waals surface area contributed by atoms with Crippen LogP contribution in [0.4, 0.5) is 5.13 Å². The molecule has 1 saturated carbocycles. The third-order valence-corrected chi connectivity index (χ3v) is 10.3. The van der Waals surface area contributed by atoms with Crippen molar-refractivity contribution < 1.29 is 24.5 Å². The standard InChI is InChI=1S/C33H39N3O5S/c1-20-3-8-29(41-18-26-7-4-23(14-21(26)2)31(38)35-11-9-22(17-37)10-12-35)27(13-20)28-19-42-33(34-28)36-15-24-5-6-25(16-36)30(24)32(39)40/h3-4,7-8,13-14,19,22,24-25,30,37H,5-6,9-12,15-18H2,1-2H3,(H,39,40)/t24-,25+,30+. The lowest BCUT2D eigenvalue weighted by molar-refractivity contribution is -0.144. The molecule has 2 aromatic carbocycles. The normalized spacial score (nSPS) is 22.4. The number of nitrogens with zero attached hydrogens (tertiary/aromatic N) is 3. The molecule has 3 atom stereocenters. The second-order valence-electron chi connectivity index (χ2n) is 12.2. The van der Waals surface area contributed by atoms with E-state index in [9.17, 15) is 19.8 Å². The Balaban J connectivity index is 1.14. The summed E-state index contributed by atoms with van der Waals surface area (Å²) in [4.78, 5) is 34.0. The van der Waals surface area contributed by atoms with E-state index in [4.69, 9.17) is 9.72 Å². The van der Waals surface area contributed by atoms with Gasteiger partial charge in [-0.05, 0) is 92.7 Å². The van der Waals surface area contributed by atoms with Gasteiger partial charge < -0.3 is 24.7 Å². The average molecular weight is 590 g/mol. The summed E-state index contributed by atoms with van der Waals surface area (Å²) in [6, 6.07) is 11.9. The molecule has 8 nitrogen and oxygen atoms in total. The van der Waals surface area contributed by atoms with E-state index >= 15 is 0 Å². The van der Waals surface area contributed by atoms with E-state index in [0.29, 0.717) is 31.2 Å². The number of ether oxygens (including phenoxy) is 1. The maximum atomic E-state index is 13.1. The summed E-state index contributed by atoms with van der Waals surface area (Å²) in [6.07, 6.45) is 3.64. The second-order valence-corrected chi connectivity index (χ2v) is 13.1. The number of thiazole rings is 1. The van der Waals surface area contributed by atoms with Crippen LogP contribution in [0, 0.1) is 37.5 Å². The Labute approximate surface area is 251 Å².